The van der Waals surface area contributed by atoms with Crippen molar-refractivity contribution in [3.8, 4) is 67.9 Å². The van der Waals surface area contributed by atoms with Gasteiger partial charge in [-0.15, -0.1) is 11.3 Å². The normalized spacial score (nSPS) is 11.6. The number of hydrogen-bond acceptors (Lipinski definition) is 7. The number of para-hydroxylation sites is 1. The Labute approximate surface area is 325 Å². The van der Waals surface area contributed by atoms with Crippen LogP contribution in [0.2, 0.25) is 0 Å². The Morgan fingerprint density at radius 2 is 0.929 bits per heavy atom. The van der Waals surface area contributed by atoms with E-state index in [0.29, 0.717) is 28.9 Å². The molecule has 11 rings (SSSR count). The highest BCUT2D eigenvalue weighted by molar-refractivity contribution is 7.26. The van der Waals surface area contributed by atoms with Gasteiger partial charge in [-0.25, -0.2) is 24.9 Å². The third-order valence-corrected chi connectivity index (χ3v) is 11.3. The molecule has 0 fully saturated rings. The van der Waals surface area contributed by atoms with Crippen molar-refractivity contribution in [2.45, 2.75) is 0 Å². The Morgan fingerprint density at radius 1 is 0.375 bits per heavy atom. The van der Waals surface area contributed by atoms with Crippen molar-refractivity contribution in [2.24, 2.45) is 0 Å². The van der Waals surface area contributed by atoms with Crippen LogP contribution in [-0.2, 0) is 0 Å². The van der Waals surface area contributed by atoms with Crippen LogP contribution in [0.5, 0.6) is 0 Å². The van der Waals surface area contributed by atoms with Crippen molar-refractivity contribution in [3.05, 3.63) is 176 Å². The number of furan rings is 1. The molecule has 0 unspecified atom stereocenters. The zero-order valence-electron chi connectivity index (χ0n) is 29.8. The lowest BCUT2D eigenvalue weighted by Gasteiger charge is -2.09. The van der Waals surface area contributed by atoms with E-state index in [1.54, 1.807) is 11.3 Å². The van der Waals surface area contributed by atoms with E-state index in [0.717, 1.165) is 55.6 Å². The predicted molar refractivity (Wildman–Crippen MR) is 228 cm³/mol. The van der Waals surface area contributed by atoms with Crippen molar-refractivity contribution in [2.75, 3.05) is 0 Å². The van der Waals surface area contributed by atoms with Gasteiger partial charge in [0.05, 0.1) is 0 Å². The van der Waals surface area contributed by atoms with Gasteiger partial charge in [-0.3, -0.25) is 0 Å². The first kappa shape index (κ1) is 32.1. The Hall–Kier alpha value is -7.35. The molecule has 0 aliphatic rings. The smallest absolute Gasteiger partial charge is 0.180 e. The van der Waals surface area contributed by atoms with E-state index < -0.39 is 0 Å². The van der Waals surface area contributed by atoms with E-state index in [1.807, 2.05) is 109 Å². The fraction of sp³-hybridized carbons (Fsp3) is 0. The summed E-state index contributed by atoms with van der Waals surface area (Å²) in [5.41, 5.74) is 10.1. The monoisotopic (exact) mass is 735 g/mol. The zero-order chi connectivity index (χ0) is 37.0. The zero-order valence-corrected chi connectivity index (χ0v) is 30.6. The molecule has 0 aliphatic heterocycles. The molecule has 4 heterocycles. The van der Waals surface area contributed by atoms with Gasteiger partial charge in [-0.05, 0) is 35.4 Å². The van der Waals surface area contributed by atoms with E-state index in [1.165, 1.54) is 25.7 Å². The molecule has 7 aromatic carbocycles. The second-order valence-corrected chi connectivity index (χ2v) is 14.7. The fourth-order valence-electron chi connectivity index (χ4n) is 7.45. The molecule has 0 saturated carbocycles. The summed E-state index contributed by atoms with van der Waals surface area (Å²) in [6.45, 7) is 0. The van der Waals surface area contributed by atoms with Crippen LogP contribution in [0.15, 0.2) is 180 Å². The van der Waals surface area contributed by atoms with Crippen LogP contribution in [0, 0.1) is 0 Å². The molecule has 6 nitrogen and oxygen atoms in total. The van der Waals surface area contributed by atoms with Crippen molar-refractivity contribution < 1.29 is 4.42 Å². The first-order valence-electron chi connectivity index (χ1n) is 18.4. The van der Waals surface area contributed by atoms with E-state index >= 15 is 0 Å². The summed E-state index contributed by atoms with van der Waals surface area (Å²) in [5.74, 6) is 2.61. The summed E-state index contributed by atoms with van der Waals surface area (Å²) in [5, 5.41) is 3.40. The van der Waals surface area contributed by atoms with Gasteiger partial charge >= 0.3 is 0 Å². The SMILES string of the molecule is c1ccc(-c2nc(-c3ccccc3)nc(-c3ccc4c(c3)sc3cccc(-c5ccc(-c6nc(-c7ccccc7)nc7c6oc6ccccc67)cc5)c34)n2)cc1. The molecule has 0 aliphatic carbocycles. The quantitative estimate of drug-likeness (QED) is 0.169. The Balaban J connectivity index is 1.00. The largest absolute Gasteiger partial charge is 0.452 e. The van der Waals surface area contributed by atoms with Gasteiger partial charge in [0.2, 0.25) is 0 Å². The average Bonchev–Trinajstić information content (AvgIpc) is 3.85. The Bertz CT molecular complexity index is 3180. The van der Waals surface area contributed by atoms with Gasteiger partial charge in [0.15, 0.2) is 28.9 Å². The predicted octanol–water partition coefficient (Wildman–Crippen LogP) is 12.9. The molecule has 0 spiro atoms. The number of benzene rings is 7. The van der Waals surface area contributed by atoms with Gasteiger partial charge in [0.25, 0.3) is 0 Å². The lowest BCUT2D eigenvalue weighted by atomic mass is 9.97. The third kappa shape index (κ3) is 5.52. The van der Waals surface area contributed by atoms with Crippen LogP contribution in [0.1, 0.15) is 0 Å². The van der Waals surface area contributed by atoms with Crippen LogP contribution < -0.4 is 0 Å². The van der Waals surface area contributed by atoms with Crippen LogP contribution >= 0.6 is 11.3 Å². The van der Waals surface area contributed by atoms with Crippen molar-refractivity contribution in [1.82, 2.24) is 24.9 Å². The van der Waals surface area contributed by atoms with Crippen molar-refractivity contribution in [1.29, 1.82) is 0 Å². The summed E-state index contributed by atoms with van der Waals surface area (Å²) in [6.07, 6.45) is 0. The van der Waals surface area contributed by atoms with E-state index in [9.17, 15) is 0 Å². The number of nitrogens with zero attached hydrogens (tertiary/aromatic N) is 5. The van der Waals surface area contributed by atoms with Crippen LogP contribution in [0.3, 0.4) is 0 Å². The van der Waals surface area contributed by atoms with Crippen LogP contribution in [-0.4, -0.2) is 24.9 Å². The number of thiophene rings is 1. The average molecular weight is 736 g/mol. The molecular formula is C49H29N5OS. The molecule has 56 heavy (non-hydrogen) atoms. The minimum Gasteiger partial charge on any atom is -0.452 e. The van der Waals surface area contributed by atoms with E-state index in [2.05, 4.69) is 66.7 Å². The maximum Gasteiger partial charge on any atom is 0.180 e. The molecule has 0 N–H and O–H groups in total. The van der Waals surface area contributed by atoms with Gasteiger partial charge in [-0.2, -0.15) is 0 Å². The topological polar surface area (TPSA) is 77.6 Å². The fourth-order valence-corrected chi connectivity index (χ4v) is 8.63. The first-order valence-corrected chi connectivity index (χ1v) is 19.2. The highest BCUT2D eigenvalue weighted by Crippen LogP contribution is 2.42. The Morgan fingerprint density at radius 3 is 1.59 bits per heavy atom. The molecule has 11 aromatic rings. The van der Waals surface area contributed by atoms with Gasteiger partial charge in [0, 0.05) is 53.4 Å². The maximum atomic E-state index is 6.40. The Kier molecular flexibility index (Phi) is 7.57. The summed E-state index contributed by atoms with van der Waals surface area (Å²) in [6, 6.07) is 60.0. The highest BCUT2D eigenvalue weighted by atomic mass is 32.1. The summed E-state index contributed by atoms with van der Waals surface area (Å²) >= 11 is 1.78. The van der Waals surface area contributed by atoms with Crippen molar-refractivity contribution >= 4 is 53.6 Å². The molecule has 262 valence electrons. The minimum absolute atomic E-state index is 0.645. The van der Waals surface area contributed by atoms with Crippen molar-refractivity contribution in [3.63, 3.8) is 0 Å². The number of rotatable bonds is 6. The van der Waals surface area contributed by atoms with E-state index in [4.69, 9.17) is 29.3 Å². The molecule has 0 saturated heterocycles. The van der Waals surface area contributed by atoms with Gasteiger partial charge < -0.3 is 4.42 Å². The second kappa shape index (κ2) is 13.2. The number of fused-ring (bicyclic) bond motifs is 6. The van der Waals surface area contributed by atoms with Gasteiger partial charge in [0.1, 0.15) is 16.8 Å². The molecule has 0 atom stereocenters. The van der Waals surface area contributed by atoms with Crippen LogP contribution in [0.25, 0.3) is 110 Å². The number of hydrogen-bond donors (Lipinski definition) is 0. The minimum atomic E-state index is 0.645. The lowest BCUT2D eigenvalue weighted by molar-refractivity contribution is 0.667. The van der Waals surface area contributed by atoms with Gasteiger partial charge in [-0.1, -0.05) is 152 Å². The maximum absolute atomic E-state index is 6.40. The molecule has 4 aromatic heterocycles. The standard InChI is InChI=1S/C49H29N5OS/c1-4-13-32(14-5-1)46-50-43(45-44(51-46)37-19-10-11-21-39(37)55-45)31-25-23-30(24-26-31)36-20-12-22-40-42(36)38-28-27-35(29-41(38)56-40)49-53-47(33-15-6-2-7-16-33)52-48(54-49)34-17-8-3-9-18-34/h1-29H. The third-order valence-electron chi connectivity index (χ3n) is 10.2. The van der Waals surface area contributed by atoms with Crippen LogP contribution in [0.4, 0.5) is 0 Å². The summed E-state index contributed by atoms with van der Waals surface area (Å²) in [4.78, 5) is 24.9. The molecule has 0 amide bonds. The molecular weight excluding hydrogens is 707 g/mol. The lowest BCUT2D eigenvalue weighted by Crippen LogP contribution is -1.99. The summed E-state index contributed by atoms with van der Waals surface area (Å²) < 4.78 is 8.79. The second-order valence-electron chi connectivity index (χ2n) is 13.6. The molecule has 0 radical (unpaired) electrons. The summed E-state index contributed by atoms with van der Waals surface area (Å²) in [7, 11) is 0. The first-order chi connectivity index (χ1) is 27.7. The van der Waals surface area contributed by atoms with E-state index in [-0.39, 0.29) is 0 Å². The molecule has 7 heteroatoms. The molecule has 0 bridgehead atoms. The number of aromatic nitrogens is 5. The highest BCUT2D eigenvalue weighted by Gasteiger charge is 2.19.